The number of halogens is 2. The highest BCUT2D eigenvalue weighted by Gasteiger charge is 2.25. The van der Waals surface area contributed by atoms with Gasteiger partial charge in [-0.2, -0.15) is 0 Å². The van der Waals surface area contributed by atoms with Crippen LogP contribution in [0.25, 0.3) is 0 Å². The van der Waals surface area contributed by atoms with Gasteiger partial charge >= 0.3 is 0 Å². The van der Waals surface area contributed by atoms with Crippen LogP contribution in [0.3, 0.4) is 0 Å². The van der Waals surface area contributed by atoms with Crippen molar-refractivity contribution in [3.8, 4) is 0 Å². The van der Waals surface area contributed by atoms with Crippen LogP contribution in [-0.2, 0) is 4.79 Å². The van der Waals surface area contributed by atoms with Gasteiger partial charge in [-0.15, -0.1) is 11.6 Å². The standard InChI is InChI=1S/C12H16BrClN4O/c1-9(6-14)11(19)17-2-4-18(5-3-17)12-15-7-10(13)8-16-12/h7-9H,2-6H2,1H3. The molecule has 1 aliphatic heterocycles. The lowest BCUT2D eigenvalue weighted by molar-refractivity contribution is -0.134. The Bertz CT molecular complexity index is 434. The molecule has 1 saturated heterocycles. The van der Waals surface area contributed by atoms with Crippen molar-refractivity contribution in [1.82, 2.24) is 14.9 Å². The summed E-state index contributed by atoms with van der Waals surface area (Å²) in [6.45, 7) is 4.75. The number of carbonyl (C=O) groups is 1. The molecule has 104 valence electrons. The molecule has 7 heteroatoms. The largest absolute Gasteiger partial charge is 0.339 e. The molecule has 0 saturated carbocycles. The molecule has 2 heterocycles. The van der Waals surface area contributed by atoms with Crippen molar-refractivity contribution in [2.45, 2.75) is 6.92 Å². The first kappa shape index (κ1) is 14.5. The van der Waals surface area contributed by atoms with E-state index in [1.54, 1.807) is 12.4 Å². The van der Waals surface area contributed by atoms with E-state index in [1.807, 2.05) is 11.8 Å². The highest BCUT2D eigenvalue weighted by atomic mass is 79.9. The monoisotopic (exact) mass is 346 g/mol. The molecule has 0 aromatic carbocycles. The summed E-state index contributed by atoms with van der Waals surface area (Å²) in [5.41, 5.74) is 0. The van der Waals surface area contributed by atoms with E-state index in [0.717, 1.165) is 17.6 Å². The van der Waals surface area contributed by atoms with Crippen molar-refractivity contribution in [2.24, 2.45) is 5.92 Å². The van der Waals surface area contributed by atoms with Crippen LogP contribution in [0.5, 0.6) is 0 Å². The third-order valence-corrected chi connectivity index (χ3v) is 4.01. The van der Waals surface area contributed by atoms with Gasteiger partial charge in [-0.05, 0) is 15.9 Å². The first-order valence-electron chi connectivity index (χ1n) is 6.19. The molecule has 1 aliphatic rings. The first-order chi connectivity index (χ1) is 9.11. The molecule has 1 unspecified atom stereocenters. The Hall–Kier alpha value is -0.880. The predicted molar refractivity (Wildman–Crippen MR) is 78.4 cm³/mol. The summed E-state index contributed by atoms with van der Waals surface area (Å²) in [5, 5.41) is 0. The highest BCUT2D eigenvalue weighted by molar-refractivity contribution is 9.10. The van der Waals surface area contributed by atoms with Crippen LogP contribution in [-0.4, -0.2) is 52.8 Å². The predicted octanol–water partition coefficient (Wildman–Crippen LogP) is 1.76. The number of carbonyl (C=O) groups excluding carboxylic acids is 1. The van der Waals surface area contributed by atoms with Crippen LogP contribution in [0.4, 0.5) is 5.95 Å². The third-order valence-electron chi connectivity index (χ3n) is 3.13. The number of piperazine rings is 1. The third kappa shape index (κ3) is 3.57. The number of rotatable bonds is 3. The van der Waals surface area contributed by atoms with E-state index >= 15 is 0 Å². The Morgan fingerprint density at radius 1 is 1.37 bits per heavy atom. The Morgan fingerprint density at radius 3 is 2.47 bits per heavy atom. The molecular weight excluding hydrogens is 332 g/mol. The number of hydrogen-bond acceptors (Lipinski definition) is 4. The van der Waals surface area contributed by atoms with Crippen LogP contribution in [0.2, 0.25) is 0 Å². The minimum Gasteiger partial charge on any atom is -0.339 e. The summed E-state index contributed by atoms with van der Waals surface area (Å²) >= 11 is 9.04. The van der Waals surface area contributed by atoms with Crippen molar-refractivity contribution in [1.29, 1.82) is 0 Å². The van der Waals surface area contributed by atoms with Crippen LogP contribution < -0.4 is 4.90 Å². The highest BCUT2D eigenvalue weighted by Crippen LogP contribution is 2.14. The quantitative estimate of drug-likeness (QED) is 0.782. The normalized spacial score (nSPS) is 17.4. The Kier molecular flexibility index (Phi) is 4.99. The number of anilines is 1. The summed E-state index contributed by atoms with van der Waals surface area (Å²) in [6, 6.07) is 0. The summed E-state index contributed by atoms with van der Waals surface area (Å²) in [6.07, 6.45) is 3.46. The van der Waals surface area contributed by atoms with Crippen LogP contribution in [0, 0.1) is 5.92 Å². The second-order valence-corrected chi connectivity index (χ2v) is 5.79. The van der Waals surface area contributed by atoms with Gasteiger partial charge in [0.05, 0.1) is 4.47 Å². The molecule has 1 atom stereocenters. The molecule has 0 spiro atoms. The molecular formula is C12H16BrClN4O. The van der Waals surface area contributed by atoms with E-state index in [2.05, 4.69) is 30.8 Å². The van der Waals surface area contributed by atoms with Crippen molar-refractivity contribution < 1.29 is 4.79 Å². The van der Waals surface area contributed by atoms with E-state index in [4.69, 9.17) is 11.6 Å². The molecule has 0 radical (unpaired) electrons. The summed E-state index contributed by atoms with van der Waals surface area (Å²) in [5.74, 6) is 1.10. The van der Waals surface area contributed by atoms with E-state index in [9.17, 15) is 4.79 Å². The topological polar surface area (TPSA) is 49.3 Å². The zero-order valence-electron chi connectivity index (χ0n) is 10.7. The van der Waals surface area contributed by atoms with Crippen LogP contribution >= 0.6 is 27.5 Å². The molecule has 0 bridgehead atoms. The number of amides is 1. The van der Waals surface area contributed by atoms with Gasteiger partial charge < -0.3 is 9.80 Å². The van der Waals surface area contributed by atoms with Gasteiger partial charge in [0.1, 0.15) is 0 Å². The minimum atomic E-state index is -0.114. The second kappa shape index (κ2) is 6.52. The summed E-state index contributed by atoms with van der Waals surface area (Å²) in [4.78, 5) is 24.5. The number of hydrogen-bond donors (Lipinski definition) is 0. The minimum absolute atomic E-state index is 0.114. The van der Waals surface area contributed by atoms with Gasteiger partial charge in [0.2, 0.25) is 11.9 Å². The first-order valence-corrected chi connectivity index (χ1v) is 7.52. The van der Waals surface area contributed by atoms with Gasteiger partial charge in [0.15, 0.2) is 0 Å². The fraction of sp³-hybridized carbons (Fsp3) is 0.583. The Labute approximate surface area is 126 Å². The lowest BCUT2D eigenvalue weighted by atomic mass is 10.1. The second-order valence-electron chi connectivity index (χ2n) is 4.57. The lowest BCUT2D eigenvalue weighted by Crippen LogP contribution is -2.50. The SMILES string of the molecule is CC(CCl)C(=O)N1CCN(c2ncc(Br)cn2)CC1. The van der Waals surface area contributed by atoms with E-state index in [1.165, 1.54) is 0 Å². The smallest absolute Gasteiger partial charge is 0.226 e. The maximum atomic E-state index is 12.0. The van der Waals surface area contributed by atoms with Gasteiger partial charge in [0, 0.05) is 50.4 Å². The number of alkyl halides is 1. The van der Waals surface area contributed by atoms with E-state index < -0.39 is 0 Å². The van der Waals surface area contributed by atoms with Crippen molar-refractivity contribution in [3.05, 3.63) is 16.9 Å². The molecule has 0 aliphatic carbocycles. The van der Waals surface area contributed by atoms with Gasteiger partial charge in [-0.1, -0.05) is 6.92 Å². The average Bonchev–Trinajstić information content (AvgIpc) is 2.46. The van der Waals surface area contributed by atoms with Gasteiger partial charge in [0.25, 0.3) is 0 Å². The zero-order valence-corrected chi connectivity index (χ0v) is 13.1. The summed E-state index contributed by atoms with van der Waals surface area (Å²) in [7, 11) is 0. The van der Waals surface area contributed by atoms with Gasteiger partial charge in [-0.25, -0.2) is 9.97 Å². The molecule has 1 amide bonds. The van der Waals surface area contributed by atoms with Gasteiger partial charge in [-0.3, -0.25) is 4.79 Å². The fourth-order valence-corrected chi connectivity index (χ4v) is 2.31. The maximum absolute atomic E-state index is 12.0. The zero-order chi connectivity index (χ0) is 13.8. The molecule has 2 rings (SSSR count). The molecule has 5 nitrogen and oxygen atoms in total. The van der Waals surface area contributed by atoms with E-state index in [0.29, 0.717) is 24.9 Å². The lowest BCUT2D eigenvalue weighted by Gasteiger charge is -2.35. The summed E-state index contributed by atoms with van der Waals surface area (Å²) < 4.78 is 0.862. The number of aromatic nitrogens is 2. The van der Waals surface area contributed by atoms with Crippen molar-refractivity contribution in [2.75, 3.05) is 37.0 Å². The van der Waals surface area contributed by atoms with Crippen LogP contribution in [0.15, 0.2) is 16.9 Å². The Morgan fingerprint density at radius 2 is 1.95 bits per heavy atom. The molecule has 19 heavy (non-hydrogen) atoms. The van der Waals surface area contributed by atoms with Crippen LogP contribution in [0.1, 0.15) is 6.92 Å². The molecule has 1 aromatic heterocycles. The van der Waals surface area contributed by atoms with Crippen molar-refractivity contribution in [3.63, 3.8) is 0 Å². The number of nitrogens with zero attached hydrogens (tertiary/aromatic N) is 4. The fourth-order valence-electron chi connectivity index (χ4n) is 1.97. The molecule has 1 aromatic rings. The molecule has 0 N–H and O–H groups in total. The Balaban J connectivity index is 1.92. The maximum Gasteiger partial charge on any atom is 0.226 e. The molecule has 1 fully saturated rings. The van der Waals surface area contributed by atoms with Crippen molar-refractivity contribution >= 4 is 39.4 Å². The average molecular weight is 348 g/mol. The van der Waals surface area contributed by atoms with E-state index in [-0.39, 0.29) is 11.8 Å².